The maximum atomic E-state index is 6.18. The van der Waals surface area contributed by atoms with Crippen LogP contribution in [0.25, 0.3) is 17.2 Å². The molecule has 0 spiro atoms. The maximum Gasteiger partial charge on any atom is 0.277 e. The van der Waals surface area contributed by atoms with Crippen LogP contribution >= 0.6 is 11.8 Å². The van der Waals surface area contributed by atoms with Crippen LogP contribution in [0.3, 0.4) is 0 Å². The molecule has 1 aromatic heterocycles. The molecule has 1 unspecified atom stereocenters. The summed E-state index contributed by atoms with van der Waals surface area (Å²) in [5.74, 6) is 2.21. The normalized spacial score (nSPS) is 15.6. The van der Waals surface area contributed by atoms with Crippen molar-refractivity contribution in [1.29, 1.82) is 0 Å². The minimum absolute atomic E-state index is 0.00622. The van der Waals surface area contributed by atoms with E-state index >= 15 is 0 Å². The van der Waals surface area contributed by atoms with Gasteiger partial charge in [-0.1, -0.05) is 93.2 Å². The van der Waals surface area contributed by atoms with Crippen molar-refractivity contribution in [2.75, 3.05) is 0 Å². The van der Waals surface area contributed by atoms with Gasteiger partial charge in [0.15, 0.2) is 0 Å². The zero-order valence-corrected chi connectivity index (χ0v) is 19.1. The Morgan fingerprint density at radius 3 is 2.25 bits per heavy atom. The van der Waals surface area contributed by atoms with Crippen molar-refractivity contribution in [2.24, 2.45) is 0 Å². The van der Waals surface area contributed by atoms with E-state index in [2.05, 4.69) is 55.2 Å². The van der Waals surface area contributed by atoms with Crippen LogP contribution in [0.2, 0.25) is 0 Å². The number of rotatable bonds is 4. The van der Waals surface area contributed by atoms with Crippen LogP contribution in [0.1, 0.15) is 42.7 Å². The summed E-state index contributed by atoms with van der Waals surface area (Å²) in [5.41, 5.74) is 4.43. The van der Waals surface area contributed by atoms with Gasteiger partial charge >= 0.3 is 0 Å². The quantitative estimate of drug-likeness (QED) is 0.333. The standard InChI is InChI=1S/C27H24N2O2S/c1-27(2,3)20-15-13-19(14-16-20)25-28-29-26(31-25)32-24-17-23(18-9-5-4-6-10-18)30-22-12-8-7-11-21(22)24/h4-17,24H,1-3H3. The predicted molar refractivity (Wildman–Crippen MR) is 129 cm³/mol. The van der Waals surface area contributed by atoms with Crippen LogP contribution < -0.4 is 4.74 Å². The van der Waals surface area contributed by atoms with Gasteiger partial charge in [0.1, 0.15) is 11.5 Å². The molecule has 32 heavy (non-hydrogen) atoms. The van der Waals surface area contributed by atoms with Crippen molar-refractivity contribution in [2.45, 2.75) is 36.7 Å². The highest BCUT2D eigenvalue weighted by Crippen LogP contribution is 2.45. The number of ether oxygens (including phenoxy) is 1. The highest BCUT2D eigenvalue weighted by atomic mass is 32.2. The average Bonchev–Trinajstić information content (AvgIpc) is 3.28. The van der Waals surface area contributed by atoms with Crippen LogP contribution in [-0.4, -0.2) is 10.2 Å². The number of benzene rings is 3. The Morgan fingerprint density at radius 1 is 0.781 bits per heavy atom. The number of para-hydroxylation sites is 1. The van der Waals surface area contributed by atoms with E-state index < -0.39 is 0 Å². The maximum absolute atomic E-state index is 6.18. The van der Waals surface area contributed by atoms with Crippen LogP contribution in [0.5, 0.6) is 5.75 Å². The van der Waals surface area contributed by atoms with E-state index in [-0.39, 0.29) is 10.7 Å². The lowest BCUT2D eigenvalue weighted by Gasteiger charge is -2.23. The van der Waals surface area contributed by atoms with Gasteiger partial charge in [0.05, 0.1) is 5.25 Å². The first-order chi connectivity index (χ1) is 15.5. The molecule has 0 amide bonds. The van der Waals surface area contributed by atoms with Gasteiger partial charge < -0.3 is 9.15 Å². The van der Waals surface area contributed by atoms with Crippen molar-refractivity contribution in [3.8, 4) is 17.2 Å². The fourth-order valence-corrected chi connectivity index (χ4v) is 4.58. The number of hydrogen-bond donors (Lipinski definition) is 0. The van der Waals surface area contributed by atoms with E-state index in [9.17, 15) is 0 Å². The smallest absolute Gasteiger partial charge is 0.277 e. The first-order valence-corrected chi connectivity index (χ1v) is 11.5. The lowest BCUT2D eigenvalue weighted by molar-refractivity contribution is 0.464. The molecule has 0 fully saturated rings. The number of nitrogens with zero attached hydrogens (tertiary/aromatic N) is 2. The Labute approximate surface area is 192 Å². The second-order valence-corrected chi connectivity index (χ2v) is 9.87. The summed E-state index contributed by atoms with van der Waals surface area (Å²) in [6, 6.07) is 26.5. The number of thioether (sulfide) groups is 1. The van der Waals surface area contributed by atoms with E-state index in [1.165, 1.54) is 17.3 Å². The molecule has 0 saturated heterocycles. The van der Waals surface area contributed by atoms with Gasteiger partial charge in [-0.2, -0.15) is 0 Å². The third-order valence-electron chi connectivity index (χ3n) is 5.44. The van der Waals surface area contributed by atoms with Gasteiger partial charge in [-0.25, -0.2) is 0 Å². The first kappa shape index (κ1) is 20.6. The summed E-state index contributed by atoms with van der Waals surface area (Å²) in [4.78, 5) is 0. The average molecular weight is 441 g/mol. The van der Waals surface area contributed by atoms with Gasteiger partial charge in [-0.15, -0.1) is 10.2 Å². The van der Waals surface area contributed by atoms with Gasteiger partial charge in [0, 0.05) is 16.7 Å². The monoisotopic (exact) mass is 440 g/mol. The van der Waals surface area contributed by atoms with Crippen LogP contribution in [-0.2, 0) is 5.41 Å². The van der Waals surface area contributed by atoms with Gasteiger partial charge in [0.2, 0.25) is 5.89 Å². The van der Waals surface area contributed by atoms with Crippen LogP contribution in [0.4, 0.5) is 0 Å². The van der Waals surface area contributed by atoms with E-state index in [0.717, 1.165) is 28.2 Å². The Morgan fingerprint density at radius 2 is 1.50 bits per heavy atom. The molecule has 3 aromatic carbocycles. The predicted octanol–water partition coefficient (Wildman–Crippen LogP) is 7.30. The highest BCUT2D eigenvalue weighted by molar-refractivity contribution is 7.99. The lowest BCUT2D eigenvalue weighted by atomic mass is 9.87. The topological polar surface area (TPSA) is 48.2 Å². The largest absolute Gasteiger partial charge is 0.457 e. The Hall–Kier alpha value is -3.31. The zero-order valence-electron chi connectivity index (χ0n) is 18.3. The molecule has 0 saturated carbocycles. The van der Waals surface area contributed by atoms with Gasteiger partial charge in [-0.3, -0.25) is 0 Å². The molecule has 2 heterocycles. The van der Waals surface area contributed by atoms with Crippen molar-refractivity contribution < 1.29 is 9.15 Å². The second kappa shape index (κ2) is 8.32. The molecule has 1 atom stereocenters. The molecule has 1 aliphatic rings. The molecular weight excluding hydrogens is 416 g/mol. The van der Waals surface area contributed by atoms with Crippen LogP contribution in [0.15, 0.2) is 94.6 Å². The molecule has 5 heteroatoms. The Kier molecular flexibility index (Phi) is 5.35. The first-order valence-electron chi connectivity index (χ1n) is 10.6. The second-order valence-electron chi connectivity index (χ2n) is 8.78. The number of aromatic nitrogens is 2. The van der Waals surface area contributed by atoms with Crippen molar-refractivity contribution in [1.82, 2.24) is 10.2 Å². The molecule has 0 aliphatic carbocycles. The molecule has 160 valence electrons. The van der Waals surface area contributed by atoms with E-state index in [0.29, 0.717) is 11.1 Å². The molecule has 4 aromatic rings. The lowest BCUT2D eigenvalue weighted by Crippen LogP contribution is -2.10. The summed E-state index contributed by atoms with van der Waals surface area (Å²) in [5, 5.41) is 9.13. The van der Waals surface area contributed by atoms with Gasteiger partial charge in [-0.05, 0) is 35.3 Å². The fourth-order valence-electron chi connectivity index (χ4n) is 3.64. The summed E-state index contributed by atoms with van der Waals surface area (Å²) < 4.78 is 12.2. The molecule has 4 nitrogen and oxygen atoms in total. The highest BCUT2D eigenvalue weighted by Gasteiger charge is 2.25. The van der Waals surface area contributed by atoms with Crippen molar-refractivity contribution >= 4 is 17.5 Å². The molecule has 1 aliphatic heterocycles. The summed E-state index contributed by atoms with van der Waals surface area (Å²) in [6.07, 6.45) is 2.12. The van der Waals surface area contributed by atoms with Crippen LogP contribution in [0, 0.1) is 0 Å². The fraction of sp³-hybridized carbons (Fsp3) is 0.185. The molecule has 0 radical (unpaired) electrons. The summed E-state index contributed by atoms with van der Waals surface area (Å²) in [7, 11) is 0. The van der Waals surface area contributed by atoms with E-state index in [1.807, 2.05) is 60.7 Å². The minimum Gasteiger partial charge on any atom is -0.457 e. The molecular formula is C27H24N2O2S. The number of hydrogen-bond acceptors (Lipinski definition) is 5. The van der Waals surface area contributed by atoms with Crippen molar-refractivity contribution in [3.05, 3.63) is 102 Å². The summed E-state index contributed by atoms with van der Waals surface area (Å²) in [6.45, 7) is 6.60. The SMILES string of the molecule is CC(C)(C)c1ccc(-c2nnc(SC3C=C(c4ccccc4)Oc4ccccc43)o2)cc1. The molecule has 0 N–H and O–H groups in total. The number of fused-ring (bicyclic) bond motifs is 1. The molecule has 0 bridgehead atoms. The minimum atomic E-state index is 0.00622. The molecule has 5 rings (SSSR count). The Balaban J connectivity index is 1.42. The third kappa shape index (κ3) is 4.21. The van der Waals surface area contributed by atoms with E-state index in [1.54, 1.807) is 0 Å². The van der Waals surface area contributed by atoms with Gasteiger partial charge in [0.25, 0.3) is 5.22 Å². The van der Waals surface area contributed by atoms with Crippen molar-refractivity contribution in [3.63, 3.8) is 0 Å². The summed E-state index contributed by atoms with van der Waals surface area (Å²) >= 11 is 1.53. The Bertz CT molecular complexity index is 1250. The van der Waals surface area contributed by atoms with E-state index in [4.69, 9.17) is 9.15 Å². The third-order valence-corrected chi connectivity index (χ3v) is 6.45. The zero-order chi connectivity index (χ0) is 22.1.